The molecular formula is C31H26F3NO. The first-order valence-corrected chi connectivity index (χ1v) is 12.1. The normalized spacial score (nSPS) is 12.1. The van der Waals surface area contributed by atoms with Gasteiger partial charge in [0.05, 0.1) is 5.56 Å². The van der Waals surface area contributed by atoms with Crippen LogP contribution in [0.3, 0.4) is 0 Å². The minimum Gasteiger partial charge on any atom is -0.350 e. The molecule has 0 aliphatic heterocycles. The first-order chi connectivity index (χ1) is 17.2. The van der Waals surface area contributed by atoms with Crippen LogP contribution in [0.15, 0.2) is 78.9 Å². The number of halogens is 3. The van der Waals surface area contributed by atoms with Crippen LogP contribution in [0, 0.1) is 0 Å². The highest BCUT2D eigenvalue weighted by Gasteiger charge is 2.30. The fraction of sp³-hybridized carbons (Fsp3) is 0.194. The molecule has 0 unspecified atom stereocenters. The predicted octanol–water partition coefficient (Wildman–Crippen LogP) is 8.53. The fourth-order valence-corrected chi connectivity index (χ4v) is 4.90. The Morgan fingerprint density at radius 1 is 0.806 bits per heavy atom. The Morgan fingerprint density at radius 2 is 1.50 bits per heavy atom. The van der Waals surface area contributed by atoms with Crippen LogP contribution in [0.1, 0.15) is 42.3 Å². The number of nitrogens with one attached hydrogen (secondary N) is 1. The maximum atomic E-state index is 13.3. The van der Waals surface area contributed by atoms with Crippen molar-refractivity contribution in [1.29, 1.82) is 0 Å². The monoisotopic (exact) mass is 485 g/mol. The van der Waals surface area contributed by atoms with Gasteiger partial charge < -0.3 is 5.32 Å². The van der Waals surface area contributed by atoms with Crippen molar-refractivity contribution in [3.63, 3.8) is 0 Å². The van der Waals surface area contributed by atoms with E-state index in [1.807, 2.05) is 32.0 Å². The highest BCUT2D eigenvalue weighted by molar-refractivity contribution is 6.17. The van der Waals surface area contributed by atoms with E-state index in [-0.39, 0.29) is 11.9 Å². The molecule has 182 valence electrons. The molecule has 0 spiro atoms. The number of carbonyl (C=O) groups excluding carboxylic acids is 1. The lowest BCUT2D eigenvalue weighted by Gasteiger charge is -2.16. The molecule has 0 radical (unpaired) electrons. The molecule has 1 amide bonds. The van der Waals surface area contributed by atoms with Crippen LogP contribution in [0.5, 0.6) is 0 Å². The fourth-order valence-electron chi connectivity index (χ4n) is 4.90. The Hall–Kier alpha value is -3.86. The van der Waals surface area contributed by atoms with Gasteiger partial charge >= 0.3 is 6.18 Å². The van der Waals surface area contributed by atoms with E-state index in [0.717, 1.165) is 56.4 Å². The molecule has 0 saturated carbocycles. The Bertz CT molecular complexity index is 1620. The summed E-state index contributed by atoms with van der Waals surface area (Å²) in [4.78, 5) is 12.7. The van der Waals surface area contributed by atoms with Gasteiger partial charge in [-0.25, -0.2) is 0 Å². The van der Waals surface area contributed by atoms with Crippen molar-refractivity contribution in [2.45, 2.75) is 39.4 Å². The van der Waals surface area contributed by atoms with Crippen molar-refractivity contribution < 1.29 is 18.0 Å². The van der Waals surface area contributed by atoms with Crippen molar-refractivity contribution in [3.8, 4) is 11.1 Å². The van der Waals surface area contributed by atoms with E-state index in [9.17, 15) is 18.0 Å². The Balaban J connectivity index is 1.83. The summed E-state index contributed by atoms with van der Waals surface area (Å²) in [6.45, 7) is 5.93. The zero-order valence-electron chi connectivity index (χ0n) is 20.3. The number of alkyl halides is 3. The number of hydrogen-bond donors (Lipinski definition) is 1. The summed E-state index contributed by atoms with van der Waals surface area (Å²) in [6.07, 6.45) is -3.52. The lowest BCUT2D eigenvalue weighted by molar-refractivity contribution is -0.137. The number of rotatable bonds is 4. The van der Waals surface area contributed by atoms with Gasteiger partial charge in [0.2, 0.25) is 0 Å². The van der Waals surface area contributed by atoms with E-state index in [1.54, 1.807) is 6.07 Å². The first-order valence-electron chi connectivity index (χ1n) is 12.1. The number of amides is 1. The van der Waals surface area contributed by atoms with Gasteiger partial charge in [0.1, 0.15) is 0 Å². The molecular weight excluding hydrogens is 459 g/mol. The van der Waals surface area contributed by atoms with Gasteiger partial charge in [-0.05, 0) is 112 Å². The molecule has 0 bridgehead atoms. The van der Waals surface area contributed by atoms with Gasteiger partial charge in [0.15, 0.2) is 0 Å². The Labute approximate surface area is 207 Å². The van der Waals surface area contributed by atoms with Gasteiger partial charge in [-0.15, -0.1) is 0 Å². The van der Waals surface area contributed by atoms with E-state index in [2.05, 4.69) is 42.6 Å². The minimum absolute atomic E-state index is 0.00614. The third kappa shape index (κ3) is 4.30. The molecule has 1 N–H and O–H groups in total. The zero-order valence-corrected chi connectivity index (χ0v) is 20.3. The number of fused-ring (bicyclic) bond motifs is 3. The molecule has 36 heavy (non-hydrogen) atoms. The summed E-state index contributed by atoms with van der Waals surface area (Å²) < 4.78 is 39.8. The van der Waals surface area contributed by atoms with Crippen molar-refractivity contribution in [2.24, 2.45) is 0 Å². The van der Waals surface area contributed by atoms with Crippen LogP contribution in [0.25, 0.3) is 43.4 Å². The number of aryl methyl sites for hydroxylation is 1. The van der Waals surface area contributed by atoms with E-state index in [4.69, 9.17) is 0 Å². The molecule has 0 fully saturated rings. The van der Waals surface area contributed by atoms with Crippen molar-refractivity contribution in [3.05, 3.63) is 95.6 Å². The highest BCUT2D eigenvalue weighted by atomic mass is 19.4. The average Bonchev–Trinajstić information content (AvgIpc) is 2.84. The lowest BCUT2D eigenvalue weighted by Crippen LogP contribution is -2.29. The van der Waals surface area contributed by atoms with Gasteiger partial charge in [0, 0.05) is 11.6 Å². The number of carbonyl (C=O) groups is 1. The summed E-state index contributed by atoms with van der Waals surface area (Å²) in [5.74, 6) is -0.158. The van der Waals surface area contributed by atoms with Crippen LogP contribution in [-0.4, -0.2) is 11.9 Å². The third-order valence-corrected chi connectivity index (χ3v) is 6.61. The van der Waals surface area contributed by atoms with Gasteiger partial charge in [-0.1, -0.05) is 43.3 Å². The summed E-state index contributed by atoms with van der Waals surface area (Å²) in [5, 5.41) is 8.84. The van der Waals surface area contributed by atoms with E-state index < -0.39 is 11.7 Å². The SMILES string of the molecule is CCc1cccc2cc3cc4cc(C(=O)NC(C)C)ccc4c(-c4ccc(C(F)(F)F)cc4)c3cc12. The first kappa shape index (κ1) is 23.9. The predicted molar refractivity (Wildman–Crippen MR) is 141 cm³/mol. The molecule has 0 aliphatic carbocycles. The molecule has 5 rings (SSSR count). The second-order valence-corrected chi connectivity index (χ2v) is 9.46. The topological polar surface area (TPSA) is 29.1 Å². The molecule has 0 aromatic heterocycles. The van der Waals surface area contributed by atoms with E-state index in [0.29, 0.717) is 11.1 Å². The highest BCUT2D eigenvalue weighted by Crippen LogP contribution is 2.40. The quantitative estimate of drug-likeness (QED) is 0.254. The number of hydrogen-bond acceptors (Lipinski definition) is 1. The van der Waals surface area contributed by atoms with Crippen LogP contribution in [0.2, 0.25) is 0 Å². The molecule has 5 heteroatoms. The van der Waals surface area contributed by atoms with Crippen LogP contribution in [0.4, 0.5) is 13.2 Å². The van der Waals surface area contributed by atoms with E-state index in [1.165, 1.54) is 17.7 Å². The van der Waals surface area contributed by atoms with E-state index >= 15 is 0 Å². The van der Waals surface area contributed by atoms with Gasteiger partial charge in [-0.3, -0.25) is 4.79 Å². The average molecular weight is 486 g/mol. The smallest absolute Gasteiger partial charge is 0.350 e. The standard InChI is InChI=1S/C31H26F3NO/c1-4-19-6-5-7-21-14-24-16-23-15-22(30(36)35-18(2)3)10-13-26(23)29(28(24)17-27(19)21)20-8-11-25(12-9-20)31(32,33)34/h5-18H,4H2,1-3H3,(H,35,36). The minimum atomic E-state index is -4.40. The van der Waals surface area contributed by atoms with Crippen molar-refractivity contribution >= 4 is 38.2 Å². The van der Waals surface area contributed by atoms with Crippen LogP contribution >= 0.6 is 0 Å². The maximum Gasteiger partial charge on any atom is 0.416 e. The summed E-state index contributed by atoms with van der Waals surface area (Å²) in [7, 11) is 0. The molecule has 0 atom stereocenters. The molecule has 2 nitrogen and oxygen atoms in total. The maximum absolute atomic E-state index is 13.3. The zero-order chi connectivity index (χ0) is 25.6. The molecule has 5 aromatic carbocycles. The summed E-state index contributed by atoms with van der Waals surface area (Å²) >= 11 is 0. The molecule has 0 saturated heterocycles. The van der Waals surface area contributed by atoms with Crippen molar-refractivity contribution in [1.82, 2.24) is 5.32 Å². The largest absolute Gasteiger partial charge is 0.416 e. The third-order valence-electron chi connectivity index (χ3n) is 6.61. The van der Waals surface area contributed by atoms with Crippen LogP contribution < -0.4 is 5.32 Å². The molecule has 0 heterocycles. The van der Waals surface area contributed by atoms with Gasteiger partial charge in [0.25, 0.3) is 5.91 Å². The molecule has 5 aromatic rings. The summed E-state index contributed by atoms with van der Waals surface area (Å²) in [6, 6.07) is 23.4. The second kappa shape index (κ2) is 8.98. The lowest BCUT2D eigenvalue weighted by atomic mass is 9.88. The Morgan fingerprint density at radius 3 is 2.17 bits per heavy atom. The Kier molecular flexibility index (Phi) is 5.95. The van der Waals surface area contributed by atoms with Crippen molar-refractivity contribution in [2.75, 3.05) is 0 Å². The van der Waals surface area contributed by atoms with Crippen LogP contribution in [-0.2, 0) is 12.6 Å². The number of benzene rings is 5. The second-order valence-electron chi connectivity index (χ2n) is 9.46. The summed E-state index contributed by atoms with van der Waals surface area (Å²) in [5.41, 5.74) is 2.64. The van der Waals surface area contributed by atoms with Gasteiger partial charge in [-0.2, -0.15) is 13.2 Å². The molecule has 0 aliphatic rings.